The average Bonchev–Trinajstić information content (AvgIpc) is 3.12. The van der Waals surface area contributed by atoms with Crippen molar-refractivity contribution in [2.75, 3.05) is 13.1 Å². The van der Waals surface area contributed by atoms with Crippen LogP contribution in [0.3, 0.4) is 0 Å². The molecule has 0 radical (unpaired) electrons. The number of aryl methyl sites for hydroxylation is 1. The third-order valence-corrected chi connectivity index (χ3v) is 4.91. The summed E-state index contributed by atoms with van der Waals surface area (Å²) in [6.07, 6.45) is 5.79. The quantitative estimate of drug-likeness (QED) is 0.919. The van der Waals surface area contributed by atoms with E-state index in [-0.39, 0.29) is 11.3 Å². The summed E-state index contributed by atoms with van der Waals surface area (Å²) in [6, 6.07) is 0.860. The molecule has 2 aliphatic heterocycles. The molecule has 23 heavy (non-hydrogen) atoms. The lowest BCUT2D eigenvalue weighted by Gasteiger charge is -2.32. The van der Waals surface area contributed by atoms with E-state index in [4.69, 9.17) is 4.52 Å². The van der Waals surface area contributed by atoms with E-state index in [1.54, 1.807) is 0 Å². The Labute approximate surface area is 138 Å². The highest BCUT2D eigenvalue weighted by Crippen LogP contribution is 2.27. The van der Waals surface area contributed by atoms with Crippen molar-refractivity contribution in [3.63, 3.8) is 0 Å². The van der Waals surface area contributed by atoms with E-state index >= 15 is 0 Å². The standard InChI is InChI=1S/C17H28N4O2/c1-17(2,3)16-19-15(23-20-16)8-7-14(22)18-12-9-11-21-10-5-4-6-13(12)21/h12-13H,4-11H2,1-3H3,(H,18,22)/t12-,13-/m1/s1. The highest BCUT2D eigenvalue weighted by Gasteiger charge is 2.36. The maximum absolute atomic E-state index is 12.2. The number of amides is 1. The molecule has 0 unspecified atom stereocenters. The number of piperidine rings is 1. The summed E-state index contributed by atoms with van der Waals surface area (Å²) < 4.78 is 5.25. The lowest BCUT2D eigenvalue weighted by atomic mass is 9.96. The van der Waals surface area contributed by atoms with Crippen LogP contribution in [0.1, 0.15) is 64.6 Å². The van der Waals surface area contributed by atoms with Gasteiger partial charge in [0.15, 0.2) is 5.82 Å². The van der Waals surface area contributed by atoms with Crippen LogP contribution in [0.25, 0.3) is 0 Å². The summed E-state index contributed by atoms with van der Waals surface area (Å²) >= 11 is 0. The first-order valence-electron chi connectivity index (χ1n) is 8.80. The topological polar surface area (TPSA) is 71.3 Å². The number of rotatable bonds is 4. The van der Waals surface area contributed by atoms with Gasteiger partial charge >= 0.3 is 0 Å². The molecular formula is C17H28N4O2. The number of nitrogens with zero attached hydrogens (tertiary/aromatic N) is 3. The van der Waals surface area contributed by atoms with Gasteiger partial charge in [0, 0.05) is 36.9 Å². The van der Waals surface area contributed by atoms with E-state index < -0.39 is 0 Å². The molecule has 6 heteroatoms. The van der Waals surface area contributed by atoms with Gasteiger partial charge in [-0.25, -0.2) is 0 Å². The highest BCUT2D eigenvalue weighted by atomic mass is 16.5. The molecule has 0 saturated carbocycles. The van der Waals surface area contributed by atoms with Crippen molar-refractivity contribution >= 4 is 5.91 Å². The lowest BCUT2D eigenvalue weighted by Crippen LogP contribution is -2.46. The van der Waals surface area contributed by atoms with Crippen LogP contribution in [0, 0.1) is 0 Å². The Kier molecular flexibility index (Phi) is 4.71. The van der Waals surface area contributed by atoms with Gasteiger partial charge < -0.3 is 9.84 Å². The second-order valence-electron chi connectivity index (χ2n) is 7.82. The Bertz CT molecular complexity index is 549. The number of aromatic nitrogens is 2. The Hall–Kier alpha value is -1.43. The fourth-order valence-corrected chi connectivity index (χ4v) is 3.58. The van der Waals surface area contributed by atoms with Crippen molar-refractivity contribution in [2.24, 2.45) is 0 Å². The fourth-order valence-electron chi connectivity index (χ4n) is 3.58. The molecular weight excluding hydrogens is 292 g/mol. The van der Waals surface area contributed by atoms with Crippen molar-refractivity contribution in [2.45, 2.75) is 76.8 Å². The van der Waals surface area contributed by atoms with Gasteiger partial charge in [0.05, 0.1) is 0 Å². The van der Waals surface area contributed by atoms with Gasteiger partial charge in [-0.05, 0) is 25.8 Å². The molecule has 128 valence electrons. The van der Waals surface area contributed by atoms with E-state index in [2.05, 4.69) is 20.4 Å². The molecule has 0 aliphatic carbocycles. The highest BCUT2D eigenvalue weighted by molar-refractivity contribution is 5.76. The van der Waals surface area contributed by atoms with Gasteiger partial charge in [-0.3, -0.25) is 9.69 Å². The fraction of sp³-hybridized carbons (Fsp3) is 0.824. The maximum atomic E-state index is 12.2. The van der Waals surface area contributed by atoms with Crippen LogP contribution >= 0.6 is 0 Å². The SMILES string of the molecule is CC(C)(C)c1noc(CCC(=O)N[C@@H]2CCN3CCCC[C@H]23)n1. The molecule has 1 N–H and O–H groups in total. The number of hydrogen-bond donors (Lipinski definition) is 1. The van der Waals surface area contributed by atoms with Crippen LogP contribution in [-0.4, -0.2) is 46.1 Å². The van der Waals surface area contributed by atoms with Crippen LogP contribution in [0.4, 0.5) is 0 Å². The van der Waals surface area contributed by atoms with Crippen LogP contribution in [-0.2, 0) is 16.6 Å². The number of hydrogen-bond acceptors (Lipinski definition) is 5. The smallest absolute Gasteiger partial charge is 0.227 e. The van der Waals surface area contributed by atoms with E-state index in [0.717, 1.165) is 13.0 Å². The second-order valence-corrected chi connectivity index (χ2v) is 7.82. The lowest BCUT2D eigenvalue weighted by molar-refractivity contribution is -0.122. The van der Waals surface area contributed by atoms with E-state index in [9.17, 15) is 4.79 Å². The zero-order valence-corrected chi connectivity index (χ0v) is 14.5. The van der Waals surface area contributed by atoms with Gasteiger partial charge in [0.2, 0.25) is 11.8 Å². The van der Waals surface area contributed by atoms with Gasteiger partial charge in [-0.1, -0.05) is 32.3 Å². The molecule has 6 nitrogen and oxygen atoms in total. The second kappa shape index (κ2) is 6.59. The molecule has 3 rings (SSSR count). The van der Waals surface area contributed by atoms with Crippen molar-refractivity contribution in [1.29, 1.82) is 0 Å². The first kappa shape index (κ1) is 16.4. The molecule has 2 fully saturated rings. The predicted octanol–water partition coefficient (Wildman–Crippen LogP) is 2.04. The van der Waals surface area contributed by atoms with Gasteiger partial charge in [0.25, 0.3) is 0 Å². The van der Waals surface area contributed by atoms with Gasteiger partial charge in [-0.2, -0.15) is 4.98 Å². The molecule has 2 saturated heterocycles. The zero-order valence-electron chi connectivity index (χ0n) is 14.5. The number of fused-ring (bicyclic) bond motifs is 1. The third kappa shape index (κ3) is 3.91. The summed E-state index contributed by atoms with van der Waals surface area (Å²) in [7, 11) is 0. The summed E-state index contributed by atoms with van der Waals surface area (Å²) in [5.41, 5.74) is -0.127. The Morgan fingerprint density at radius 3 is 2.87 bits per heavy atom. The Morgan fingerprint density at radius 1 is 1.30 bits per heavy atom. The Balaban J connectivity index is 1.47. The molecule has 3 heterocycles. The number of carbonyl (C=O) groups excluding carboxylic acids is 1. The Morgan fingerprint density at radius 2 is 2.13 bits per heavy atom. The summed E-state index contributed by atoms with van der Waals surface area (Å²) in [6.45, 7) is 8.45. The van der Waals surface area contributed by atoms with Crippen molar-refractivity contribution in [1.82, 2.24) is 20.4 Å². The van der Waals surface area contributed by atoms with E-state index in [1.165, 1.54) is 25.8 Å². The van der Waals surface area contributed by atoms with Gasteiger partial charge in [0.1, 0.15) is 0 Å². The summed E-state index contributed by atoms with van der Waals surface area (Å²) in [5.74, 6) is 1.34. The molecule has 0 spiro atoms. The first-order valence-corrected chi connectivity index (χ1v) is 8.80. The molecule has 1 aromatic heterocycles. The molecule has 1 amide bonds. The normalized spacial score (nSPS) is 25.3. The van der Waals surface area contributed by atoms with Crippen molar-refractivity contribution < 1.29 is 9.32 Å². The molecule has 0 bridgehead atoms. The van der Waals surface area contributed by atoms with E-state index in [1.807, 2.05) is 20.8 Å². The number of nitrogens with one attached hydrogen (secondary N) is 1. The minimum absolute atomic E-state index is 0.0953. The minimum atomic E-state index is -0.127. The van der Waals surface area contributed by atoms with Gasteiger partial charge in [-0.15, -0.1) is 0 Å². The van der Waals surface area contributed by atoms with Crippen LogP contribution in [0.15, 0.2) is 4.52 Å². The first-order chi connectivity index (χ1) is 10.9. The third-order valence-electron chi connectivity index (χ3n) is 4.91. The van der Waals surface area contributed by atoms with Crippen LogP contribution in [0.2, 0.25) is 0 Å². The summed E-state index contributed by atoms with van der Waals surface area (Å²) in [5, 5.41) is 7.21. The largest absolute Gasteiger partial charge is 0.352 e. The number of carbonyl (C=O) groups is 1. The monoisotopic (exact) mass is 320 g/mol. The molecule has 0 aromatic carbocycles. The zero-order chi connectivity index (χ0) is 16.4. The maximum Gasteiger partial charge on any atom is 0.227 e. The van der Waals surface area contributed by atoms with Crippen molar-refractivity contribution in [3.8, 4) is 0 Å². The minimum Gasteiger partial charge on any atom is -0.352 e. The molecule has 2 atom stereocenters. The predicted molar refractivity (Wildman–Crippen MR) is 87.1 cm³/mol. The summed E-state index contributed by atoms with van der Waals surface area (Å²) in [4.78, 5) is 19.1. The van der Waals surface area contributed by atoms with Crippen LogP contribution in [0.5, 0.6) is 0 Å². The van der Waals surface area contributed by atoms with Crippen LogP contribution < -0.4 is 5.32 Å². The molecule has 1 aromatic rings. The average molecular weight is 320 g/mol. The van der Waals surface area contributed by atoms with E-state index in [0.29, 0.717) is 36.6 Å². The van der Waals surface area contributed by atoms with Crippen molar-refractivity contribution in [3.05, 3.63) is 11.7 Å². The molecule has 2 aliphatic rings.